The lowest BCUT2D eigenvalue weighted by Gasteiger charge is -2.04. The molecule has 30 heavy (non-hydrogen) atoms. The van der Waals surface area contributed by atoms with E-state index in [0.717, 1.165) is 0 Å². The van der Waals surface area contributed by atoms with E-state index in [0.29, 0.717) is 0 Å². The number of fused-ring (bicyclic) bond motifs is 3. The number of benzene rings is 4. The van der Waals surface area contributed by atoms with Crippen LogP contribution in [0.4, 0.5) is 0 Å². The van der Waals surface area contributed by atoms with Gasteiger partial charge in [-0.1, -0.05) is 48.5 Å². The Bertz CT molecular complexity index is 1040. The Morgan fingerprint density at radius 3 is 0.667 bits per heavy atom. The van der Waals surface area contributed by atoms with Crippen LogP contribution in [0.25, 0.3) is 32.3 Å². The van der Waals surface area contributed by atoms with Crippen LogP contribution in [0.2, 0.25) is 0 Å². The van der Waals surface area contributed by atoms with E-state index in [1.807, 2.05) is 0 Å². The molecule has 0 amide bonds. The van der Waals surface area contributed by atoms with Gasteiger partial charge in [0.2, 0.25) is 0 Å². The summed E-state index contributed by atoms with van der Waals surface area (Å²) in [7, 11) is 0. The first-order valence-corrected chi connectivity index (χ1v) is 8.21. The molecule has 0 atom stereocenters. The Morgan fingerprint density at radius 2 is 0.500 bits per heavy atom. The Hall–Kier alpha value is -4.82. The maximum atomic E-state index is 5.62. The highest BCUT2D eigenvalue weighted by Gasteiger charge is 2.00. The lowest BCUT2D eigenvalue weighted by Crippen LogP contribution is -1.78. The van der Waals surface area contributed by atoms with E-state index in [4.69, 9.17) is 43.3 Å². The van der Waals surface area contributed by atoms with Crippen molar-refractivity contribution in [2.45, 2.75) is 0 Å². The molecule has 0 unspecified atom stereocenters. The van der Waals surface area contributed by atoms with E-state index < -0.39 is 0 Å². The van der Waals surface area contributed by atoms with Gasteiger partial charge in [-0.3, -0.25) is 0 Å². The van der Waals surface area contributed by atoms with Crippen molar-refractivity contribution in [1.82, 2.24) is 0 Å². The highest BCUT2D eigenvalue weighted by atomic mass is 14.4. The van der Waals surface area contributed by atoms with Crippen LogP contribution in [0.15, 0.2) is 72.8 Å². The van der Waals surface area contributed by atoms with Crippen LogP contribution in [0, 0.1) is 43.3 Å². The van der Waals surface area contributed by atoms with Crippen molar-refractivity contribution in [1.29, 1.82) is 43.3 Å². The first-order valence-electron chi connectivity index (χ1n) is 8.21. The molecule has 148 valence electrons. The second-order valence-corrected chi connectivity index (χ2v) is 5.25. The summed E-state index contributed by atoms with van der Waals surface area (Å²) in [4.78, 5) is 0. The molecule has 8 nitrogen and oxygen atoms in total. The summed E-state index contributed by atoms with van der Waals surface area (Å²) >= 11 is 0. The minimum Gasteiger partial charge on any atom is -0.242 e. The smallest absolute Gasteiger partial charge is 0.0831 e. The average Bonchev–Trinajstić information content (AvgIpc) is 2.73. The molecular weight excluding hydrogens is 376 g/mol. The Kier molecular flexibility index (Phi) is 12.8. The highest BCUT2D eigenvalue weighted by Crippen LogP contribution is 2.27. The standard InChI is InChI=1S/C18H12.4CH2N2/c1-2-6-14-10-18-12-16-8-4-3-7-15(16)11-17(18)9-13(14)5-1;4*2-1-3/h1-12H;4*2-3H. The summed E-state index contributed by atoms with van der Waals surface area (Å²) in [6.45, 7) is 0. The Balaban J connectivity index is 0.000000593. The van der Waals surface area contributed by atoms with Gasteiger partial charge in [-0.05, 0) is 56.6 Å². The van der Waals surface area contributed by atoms with Crippen LogP contribution in [-0.4, -0.2) is 24.0 Å². The summed E-state index contributed by atoms with van der Waals surface area (Å²) < 4.78 is 0. The molecule has 0 aliphatic carbocycles. The first kappa shape index (κ1) is 25.2. The van der Waals surface area contributed by atoms with E-state index in [9.17, 15) is 0 Å². The molecule has 4 aromatic carbocycles. The molecule has 0 aromatic heterocycles. The molecule has 0 saturated heterocycles. The van der Waals surface area contributed by atoms with E-state index in [-0.39, 0.29) is 0 Å². The van der Waals surface area contributed by atoms with Crippen molar-refractivity contribution in [2.24, 2.45) is 0 Å². The second kappa shape index (κ2) is 15.3. The molecule has 0 saturated carbocycles. The van der Waals surface area contributed by atoms with Gasteiger partial charge in [-0.2, -0.15) is 0 Å². The molecule has 8 heteroatoms. The fourth-order valence-electron chi connectivity index (χ4n) is 2.63. The van der Waals surface area contributed by atoms with Gasteiger partial charge in [0.15, 0.2) is 0 Å². The SMILES string of the molecule is N=C=N.N=C=N.N=C=N.N=C=N.c1ccc2cc3cc4ccccc4cc3cc2c1. The van der Waals surface area contributed by atoms with Gasteiger partial charge in [0, 0.05) is 0 Å². The largest absolute Gasteiger partial charge is 0.242 e. The minimum absolute atomic E-state index is 1.25. The molecule has 0 aliphatic rings. The van der Waals surface area contributed by atoms with E-state index in [1.165, 1.54) is 56.4 Å². The third kappa shape index (κ3) is 8.25. The third-order valence-electron chi connectivity index (χ3n) is 3.57. The molecule has 0 aliphatic heterocycles. The molecule has 4 rings (SSSR count). The fraction of sp³-hybridized carbons (Fsp3) is 0. The van der Waals surface area contributed by atoms with Crippen LogP contribution >= 0.6 is 0 Å². The van der Waals surface area contributed by atoms with Crippen LogP contribution < -0.4 is 0 Å². The van der Waals surface area contributed by atoms with Crippen LogP contribution in [0.1, 0.15) is 0 Å². The van der Waals surface area contributed by atoms with Crippen LogP contribution in [-0.2, 0) is 0 Å². The normalized spacial score (nSPS) is 7.87. The number of rotatable bonds is 0. The van der Waals surface area contributed by atoms with Crippen molar-refractivity contribution < 1.29 is 0 Å². The van der Waals surface area contributed by atoms with Gasteiger partial charge in [-0.25, -0.2) is 43.3 Å². The molecule has 0 radical (unpaired) electrons. The summed E-state index contributed by atoms with van der Waals surface area (Å²) in [5.41, 5.74) is 0. The lowest BCUT2D eigenvalue weighted by molar-refractivity contribution is 1.47. The Labute approximate surface area is 172 Å². The third-order valence-corrected chi connectivity index (χ3v) is 3.57. The molecule has 0 bridgehead atoms. The fourth-order valence-corrected chi connectivity index (χ4v) is 2.63. The van der Waals surface area contributed by atoms with Crippen molar-refractivity contribution in [3.05, 3.63) is 72.8 Å². The molecule has 0 heterocycles. The first-order chi connectivity index (χ1) is 14.6. The predicted octanol–water partition coefficient (Wildman–Crippen LogP) is 6.42. The highest BCUT2D eigenvalue weighted by molar-refractivity contribution is 6.04. The van der Waals surface area contributed by atoms with Crippen molar-refractivity contribution in [3.63, 3.8) is 0 Å². The van der Waals surface area contributed by atoms with Crippen molar-refractivity contribution in [2.75, 3.05) is 0 Å². The van der Waals surface area contributed by atoms with E-state index in [2.05, 4.69) is 72.8 Å². The van der Waals surface area contributed by atoms with Gasteiger partial charge in [0.25, 0.3) is 0 Å². The maximum absolute atomic E-state index is 5.62. The summed E-state index contributed by atoms with van der Waals surface area (Å²) in [6.07, 6.45) is 0. The van der Waals surface area contributed by atoms with Gasteiger partial charge in [0.1, 0.15) is 0 Å². The second-order valence-electron chi connectivity index (χ2n) is 5.25. The monoisotopic (exact) mass is 396 g/mol. The van der Waals surface area contributed by atoms with E-state index in [1.54, 1.807) is 0 Å². The summed E-state index contributed by atoms with van der Waals surface area (Å²) in [6, 6.07) is 31.2. The quantitative estimate of drug-likeness (QED) is 0.120. The molecule has 0 spiro atoms. The molecule has 4 aromatic rings. The number of hydrogen-bond acceptors (Lipinski definition) is 8. The van der Waals surface area contributed by atoms with Gasteiger partial charge < -0.3 is 0 Å². The average molecular weight is 396 g/mol. The van der Waals surface area contributed by atoms with Gasteiger partial charge in [0.05, 0.1) is 24.0 Å². The summed E-state index contributed by atoms with van der Waals surface area (Å²) in [5.74, 6) is 0. The van der Waals surface area contributed by atoms with Crippen molar-refractivity contribution >= 4 is 56.4 Å². The van der Waals surface area contributed by atoms with Crippen LogP contribution in [0.3, 0.4) is 0 Å². The van der Waals surface area contributed by atoms with Crippen LogP contribution in [0.5, 0.6) is 0 Å². The zero-order valence-corrected chi connectivity index (χ0v) is 15.9. The maximum Gasteiger partial charge on any atom is 0.0831 e. The van der Waals surface area contributed by atoms with Gasteiger partial charge in [-0.15, -0.1) is 0 Å². The minimum atomic E-state index is 1.25. The van der Waals surface area contributed by atoms with Crippen molar-refractivity contribution in [3.8, 4) is 0 Å². The number of nitrogens with one attached hydrogen (secondary N) is 8. The molecular formula is C22H20N8. The lowest BCUT2D eigenvalue weighted by atomic mass is 10.00. The Morgan fingerprint density at radius 1 is 0.333 bits per heavy atom. The molecule has 0 fully saturated rings. The van der Waals surface area contributed by atoms with E-state index >= 15 is 0 Å². The summed E-state index contributed by atoms with van der Waals surface area (Å²) in [5, 5.41) is 52.8. The zero-order valence-electron chi connectivity index (χ0n) is 15.9. The predicted molar refractivity (Wildman–Crippen MR) is 121 cm³/mol. The molecule has 8 N–H and O–H groups in total. The topological polar surface area (TPSA) is 191 Å². The van der Waals surface area contributed by atoms with Gasteiger partial charge >= 0.3 is 0 Å². The number of hydrogen-bond donors (Lipinski definition) is 8. The zero-order chi connectivity index (χ0) is 22.8.